The van der Waals surface area contributed by atoms with E-state index in [1.54, 1.807) is 20.0 Å². The van der Waals surface area contributed by atoms with E-state index in [1.165, 1.54) is 16.4 Å². The highest BCUT2D eigenvalue weighted by Gasteiger charge is 2.37. The predicted octanol–water partition coefficient (Wildman–Crippen LogP) is 2.71. The zero-order valence-corrected chi connectivity index (χ0v) is 28.1. The lowest BCUT2D eigenvalue weighted by molar-refractivity contribution is -0.133. The van der Waals surface area contributed by atoms with E-state index < -0.39 is 45.6 Å². The van der Waals surface area contributed by atoms with Crippen molar-refractivity contribution in [2.75, 3.05) is 26.9 Å². The number of halogens is 1. The van der Waals surface area contributed by atoms with Crippen LogP contribution in [0.15, 0.2) is 53.4 Å². The standard InChI is InChI=1S/C31H46N4O7S.ClH/c1-20(2)17-35(43(39,40)23-13-14-26-27(16-23)42-19-41-26)18-25(36)24(15-22-11-9-8-10-12-22)33-30(38)28(31(4,5)6)34-29(37)21(3)32-7;/h8-14,16,20-21,24-25,28,32,36H,15,17-19H2,1-7H3,(H,33,38)(H,34,37);1H/t21-,24+,25-,28-;/m1./s1. The van der Waals surface area contributed by atoms with Gasteiger partial charge in [0.05, 0.1) is 23.1 Å². The van der Waals surface area contributed by atoms with Crippen molar-refractivity contribution in [2.45, 2.75) is 77.1 Å². The lowest BCUT2D eigenvalue weighted by atomic mass is 9.85. The Labute approximate surface area is 267 Å². The van der Waals surface area contributed by atoms with Gasteiger partial charge in [-0.2, -0.15) is 4.31 Å². The van der Waals surface area contributed by atoms with Crippen molar-refractivity contribution in [2.24, 2.45) is 11.3 Å². The molecule has 0 aromatic heterocycles. The molecule has 0 saturated carbocycles. The summed E-state index contributed by atoms with van der Waals surface area (Å²) in [5, 5.41) is 20.2. The Bertz CT molecular complexity index is 1350. The number of amides is 2. The van der Waals surface area contributed by atoms with E-state index in [9.17, 15) is 23.1 Å². The molecule has 0 aliphatic carbocycles. The Morgan fingerprint density at radius 3 is 2.18 bits per heavy atom. The van der Waals surface area contributed by atoms with Crippen LogP contribution in [0.3, 0.4) is 0 Å². The molecule has 0 unspecified atom stereocenters. The van der Waals surface area contributed by atoms with Crippen molar-refractivity contribution in [3.8, 4) is 11.5 Å². The summed E-state index contributed by atoms with van der Waals surface area (Å²) >= 11 is 0. The van der Waals surface area contributed by atoms with Crippen molar-refractivity contribution in [3.63, 3.8) is 0 Å². The van der Waals surface area contributed by atoms with Gasteiger partial charge in [-0.25, -0.2) is 8.42 Å². The number of nitrogens with zero attached hydrogens (tertiary/aromatic N) is 1. The van der Waals surface area contributed by atoms with Gasteiger partial charge >= 0.3 is 0 Å². The molecule has 1 aliphatic rings. The molecule has 0 saturated heterocycles. The summed E-state index contributed by atoms with van der Waals surface area (Å²) in [5.74, 6) is -0.0607. The Kier molecular flexibility index (Phi) is 13.5. The first kappa shape index (κ1) is 37.3. The second-order valence-electron chi connectivity index (χ2n) is 12.4. The molecule has 2 aromatic carbocycles. The molecular formula is C31H47ClN4O7S. The van der Waals surface area contributed by atoms with Crippen LogP contribution in [0, 0.1) is 11.3 Å². The molecule has 11 nitrogen and oxygen atoms in total. The fourth-order valence-electron chi connectivity index (χ4n) is 4.69. The first-order chi connectivity index (χ1) is 20.1. The van der Waals surface area contributed by atoms with Crippen LogP contribution in [0.1, 0.15) is 47.1 Å². The zero-order chi connectivity index (χ0) is 31.9. The normalized spacial score (nSPS) is 15.7. The van der Waals surface area contributed by atoms with Crippen LogP contribution in [-0.2, 0) is 26.0 Å². The van der Waals surface area contributed by atoms with Gasteiger partial charge in [0.2, 0.25) is 28.6 Å². The number of aliphatic hydroxyl groups excluding tert-OH is 1. The molecule has 4 N–H and O–H groups in total. The predicted molar refractivity (Wildman–Crippen MR) is 171 cm³/mol. The summed E-state index contributed by atoms with van der Waals surface area (Å²) < 4.78 is 39.6. The summed E-state index contributed by atoms with van der Waals surface area (Å²) in [7, 11) is -2.40. The summed E-state index contributed by atoms with van der Waals surface area (Å²) in [6.07, 6.45) is -1.04. The maximum absolute atomic E-state index is 13.8. The van der Waals surface area contributed by atoms with Crippen LogP contribution in [0.5, 0.6) is 11.5 Å². The minimum Gasteiger partial charge on any atom is -0.454 e. The number of hydrogen-bond acceptors (Lipinski definition) is 8. The number of carbonyl (C=O) groups excluding carboxylic acids is 2. The number of rotatable bonds is 14. The number of fused-ring (bicyclic) bond motifs is 1. The quantitative estimate of drug-likeness (QED) is 0.243. The van der Waals surface area contributed by atoms with Crippen LogP contribution in [-0.4, -0.2) is 80.8 Å². The number of aliphatic hydroxyl groups is 1. The number of likely N-dealkylation sites (N-methyl/N-ethyl adjacent to an activating group) is 1. The van der Waals surface area contributed by atoms with E-state index in [1.807, 2.05) is 65.0 Å². The van der Waals surface area contributed by atoms with E-state index in [0.717, 1.165) is 5.56 Å². The van der Waals surface area contributed by atoms with Gasteiger partial charge < -0.3 is 30.5 Å². The van der Waals surface area contributed by atoms with Crippen LogP contribution in [0.2, 0.25) is 0 Å². The first-order valence-electron chi connectivity index (χ1n) is 14.5. The van der Waals surface area contributed by atoms with Gasteiger partial charge in [0.15, 0.2) is 11.5 Å². The summed E-state index contributed by atoms with van der Waals surface area (Å²) in [6, 6.07) is 11.5. The van der Waals surface area contributed by atoms with Crippen LogP contribution < -0.4 is 25.4 Å². The molecular weight excluding hydrogens is 608 g/mol. The SMILES string of the molecule is CN[C@H](C)C(=O)N[C@H](C(=O)N[C@@H](Cc1ccccc1)[C@H](O)CN(CC(C)C)S(=O)(=O)c1ccc2c(c1)OCO2)C(C)(C)C.Cl. The van der Waals surface area contributed by atoms with Crippen molar-refractivity contribution in [1.29, 1.82) is 0 Å². The van der Waals surface area contributed by atoms with Gasteiger partial charge in [0.25, 0.3) is 0 Å². The minimum atomic E-state index is -4.05. The smallest absolute Gasteiger partial charge is 0.243 e. The zero-order valence-electron chi connectivity index (χ0n) is 26.5. The number of ether oxygens (including phenoxy) is 2. The van der Waals surface area contributed by atoms with Gasteiger partial charge in [-0.15, -0.1) is 12.4 Å². The minimum absolute atomic E-state index is 0. The van der Waals surface area contributed by atoms with Crippen LogP contribution >= 0.6 is 12.4 Å². The van der Waals surface area contributed by atoms with Crippen molar-refractivity contribution in [3.05, 3.63) is 54.1 Å². The number of nitrogens with one attached hydrogen (secondary N) is 3. The third kappa shape index (κ3) is 9.80. The monoisotopic (exact) mass is 654 g/mol. The second kappa shape index (κ2) is 15.9. The van der Waals surface area contributed by atoms with E-state index in [4.69, 9.17) is 9.47 Å². The van der Waals surface area contributed by atoms with E-state index >= 15 is 0 Å². The van der Waals surface area contributed by atoms with Gasteiger partial charge in [0.1, 0.15) is 6.04 Å². The third-order valence-electron chi connectivity index (χ3n) is 7.27. The third-order valence-corrected chi connectivity index (χ3v) is 9.10. The van der Waals surface area contributed by atoms with E-state index in [2.05, 4.69) is 16.0 Å². The molecule has 0 bridgehead atoms. The molecule has 13 heteroatoms. The Morgan fingerprint density at radius 2 is 1.59 bits per heavy atom. The van der Waals surface area contributed by atoms with Crippen molar-refractivity contribution < 1.29 is 32.6 Å². The van der Waals surface area contributed by atoms with E-state index in [-0.39, 0.29) is 55.4 Å². The number of benzene rings is 2. The van der Waals surface area contributed by atoms with Crippen molar-refractivity contribution in [1.82, 2.24) is 20.3 Å². The molecule has 0 radical (unpaired) electrons. The fraction of sp³-hybridized carbons (Fsp3) is 0.548. The molecule has 44 heavy (non-hydrogen) atoms. The molecule has 1 heterocycles. The maximum atomic E-state index is 13.8. The molecule has 0 spiro atoms. The number of hydrogen-bond donors (Lipinski definition) is 4. The van der Waals surface area contributed by atoms with Gasteiger partial charge in [-0.3, -0.25) is 9.59 Å². The lowest BCUT2D eigenvalue weighted by Gasteiger charge is -2.35. The Balaban J connectivity index is 0.00000675. The topological polar surface area (TPSA) is 146 Å². The average Bonchev–Trinajstić information content (AvgIpc) is 3.42. The molecule has 246 valence electrons. The molecule has 0 fully saturated rings. The highest BCUT2D eigenvalue weighted by Crippen LogP contribution is 2.35. The Hall–Kier alpha value is -2.90. The number of sulfonamides is 1. The van der Waals surface area contributed by atoms with Crippen molar-refractivity contribution >= 4 is 34.2 Å². The summed E-state index contributed by atoms with van der Waals surface area (Å²) in [4.78, 5) is 26.4. The highest BCUT2D eigenvalue weighted by atomic mass is 35.5. The first-order valence-corrected chi connectivity index (χ1v) is 16.0. The second-order valence-corrected chi connectivity index (χ2v) is 14.4. The molecule has 1 aliphatic heterocycles. The molecule has 2 aromatic rings. The van der Waals surface area contributed by atoms with E-state index in [0.29, 0.717) is 11.5 Å². The summed E-state index contributed by atoms with van der Waals surface area (Å²) in [5.41, 5.74) is 0.197. The highest BCUT2D eigenvalue weighted by molar-refractivity contribution is 7.89. The largest absolute Gasteiger partial charge is 0.454 e. The van der Waals surface area contributed by atoms with Gasteiger partial charge in [0, 0.05) is 19.2 Å². The molecule has 3 rings (SSSR count). The average molecular weight is 655 g/mol. The Morgan fingerprint density at radius 1 is 0.955 bits per heavy atom. The molecule has 2 amide bonds. The fourth-order valence-corrected chi connectivity index (χ4v) is 6.33. The maximum Gasteiger partial charge on any atom is 0.243 e. The lowest BCUT2D eigenvalue weighted by Crippen LogP contribution is -2.60. The van der Waals surface area contributed by atoms with Gasteiger partial charge in [-0.05, 0) is 49.4 Å². The number of carbonyl (C=O) groups is 2. The van der Waals surface area contributed by atoms with Crippen LogP contribution in [0.25, 0.3) is 0 Å². The molecule has 4 atom stereocenters. The van der Waals surface area contributed by atoms with Gasteiger partial charge in [-0.1, -0.05) is 65.0 Å². The summed E-state index contributed by atoms with van der Waals surface area (Å²) in [6.45, 7) is 10.9. The van der Waals surface area contributed by atoms with Crippen LogP contribution in [0.4, 0.5) is 0 Å².